The first-order chi connectivity index (χ1) is 14.9. The summed E-state index contributed by atoms with van der Waals surface area (Å²) in [5.41, 5.74) is 2.60. The Bertz CT molecular complexity index is 1020. The molecule has 2 heterocycles. The topological polar surface area (TPSA) is 93.5 Å². The van der Waals surface area contributed by atoms with Crippen molar-refractivity contribution in [3.8, 4) is 28.3 Å². The Hall–Kier alpha value is -3.61. The van der Waals surface area contributed by atoms with Crippen molar-refractivity contribution in [2.75, 3.05) is 13.7 Å². The van der Waals surface area contributed by atoms with E-state index in [0.29, 0.717) is 18.1 Å². The zero-order valence-corrected chi connectivity index (χ0v) is 18.1. The lowest BCUT2D eigenvalue weighted by Gasteiger charge is -2.19. The molecule has 0 bridgehead atoms. The highest BCUT2D eigenvalue weighted by atomic mass is 16.5. The second kappa shape index (κ2) is 9.93. The van der Waals surface area contributed by atoms with E-state index >= 15 is 0 Å². The third-order valence-electron chi connectivity index (χ3n) is 4.83. The van der Waals surface area contributed by atoms with E-state index < -0.39 is 11.9 Å². The number of hydrogen-bond acceptors (Lipinski definition) is 5. The molecule has 0 saturated carbocycles. The average molecular weight is 421 g/mol. The Labute approximate surface area is 181 Å². The Morgan fingerprint density at radius 2 is 1.74 bits per heavy atom. The molecule has 2 aromatic heterocycles. The first kappa shape index (κ1) is 22.1. The number of nitrogens with zero attached hydrogens (tertiary/aromatic N) is 1. The van der Waals surface area contributed by atoms with E-state index in [9.17, 15) is 9.59 Å². The van der Waals surface area contributed by atoms with Gasteiger partial charge in [-0.1, -0.05) is 32.0 Å². The third kappa shape index (κ3) is 5.31. The molecule has 0 spiro atoms. The zero-order chi connectivity index (χ0) is 22.4. The quantitative estimate of drug-likeness (QED) is 0.575. The molecule has 0 aliphatic heterocycles. The van der Waals surface area contributed by atoms with Gasteiger partial charge in [0, 0.05) is 18.8 Å². The highest BCUT2D eigenvalue weighted by molar-refractivity contribution is 5.96. The number of ether oxygens (including phenoxy) is 1. The fourth-order valence-electron chi connectivity index (χ4n) is 3.12. The predicted molar refractivity (Wildman–Crippen MR) is 119 cm³/mol. The number of amides is 2. The summed E-state index contributed by atoms with van der Waals surface area (Å²) in [5.74, 6) is 0.677. The molecule has 3 rings (SSSR count). The van der Waals surface area contributed by atoms with Gasteiger partial charge in [-0.15, -0.1) is 0 Å². The van der Waals surface area contributed by atoms with Crippen LogP contribution < -0.4 is 15.4 Å². The highest BCUT2D eigenvalue weighted by Gasteiger charge is 2.25. The summed E-state index contributed by atoms with van der Waals surface area (Å²) >= 11 is 0. The van der Waals surface area contributed by atoms with Gasteiger partial charge in [0.25, 0.3) is 5.91 Å². The van der Waals surface area contributed by atoms with E-state index in [1.54, 1.807) is 18.3 Å². The Kier molecular flexibility index (Phi) is 7.07. The van der Waals surface area contributed by atoms with Gasteiger partial charge in [-0.2, -0.15) is 0 Å². The van der Waals surface area contributed by atoms with Gasteiger partial charge in [0.1, 0.15) is 17.5 Å². The van der Waals surface area contributed by atoms with Crippen molar-refractivity contribution < 1.29 is 18.7 Å². The highest BCUT2D eigenvalue weighted by Crippen LogP contribution is 2.25. The maximum Gasteiger partial charge on any atom is 0.287 e. The minimum Gasteiger partial charge on any atom is -0.494 e. The molecule has 1 unspecified atom stereocenters. The minimum atomic E-state index is -0.641. The van der Waals surface area contributed by atoms with Crippen molar-refractivity contribution in [2.45, 2.75) is 26.8 Å². The molecule has 162 valence electrons. The number of carbonyl (C=O) groups is 2. The van der Waals surface area contributed by atoms with Crippen molar-refractivity contribution in [1.82, 2.24) is 15.6 Å². The smallest absolute Gasteiger partial charge is 0.287 e. The normalized spacial score (nSPS) is 11.8. The Morgan fingerprint density at radius 1 is 1.03 bits per heavy atom. The van der Waals surface area contributed by atoms with E-state index in [0.717, 1.165) is 16.9 Å². The number of likely N-dealkylation sites (N-methyl/N-ethyl adjacent to an activating group) is 1. The molecule has 7 nitrogen and oxygen atoms in total. The van der Waals surface area contributed by atoms with Crippen LogP contribution in [0.2, 0.25) is 0 Å². The second-order valence-corrected chi connectivity index (χ2v) is 7.36. The summed E-state index contributed by atoms with van der Waals surface area (Å²) in [6.07, 6.45) is 1.76. The van der Waals surface area contributed by atoms with Crippen LogP contribution in [0.1, 0.15) is 31.3 Å². The van der Waals surface area contributed by atoms with Crippen LogP contribution in [0.15, 0.2) is 59.1 Å². The van der Waals surface area contributed by atoms with Crippen LogP contribution >= 0.6 is 0 Å². The summed E-state index contributed by atoms with van der Waals surface area (Å²) in [5, 5.41) is 5.28. The van der Waals surface area contributed by atoms with Crippen LogP contribution in [0, 0.1) is 5.92 Å². The van der Waals surface area contributed by atoms with E-state index in [1.807, 2.05) is 57.2 Å². The first-order valence-electron chi connectivity index (χ1n) is 10.2. The van der Waals surface area contributed by atoms with E-state index in [1.165, 1.54) is 7.05 Å². The van der Waals surface area contributed by atoms with Gasteiger partial charge in [-0.25, -0.2) is 0 Å². The number of rotatable bonds is 8. The molecule has 7 heteroatoms. The van der Waals surface area contributed by atoms with Crippen molar-refractivity contribution >= 4 is 11.8 Å². The number of furan rings is 1. The molecule has 0 aliphatic rings. The van der Waals surface area contributed by atoms with Gasteiger partial charge in [-0.05, 0) is 48.7 Å². The molecule has 2 N–H and O–H groups in total. The van der Waals surface area contributed by atoms with E-state index in [4.69, 9.17) is 9.15 Å². The molecule has 3 aromatic rings. The lowest BCUT2D eigenvalue weighted by molar-refractivity contribution is -0.123. The van der Waals surface area contributed by atoms with Crippen molar-refractivity contribution in [2.24, 2.45) is 5.92 Å². The van der Waals surface area contributed by atoms with Crippen LogP contribution in [-0.2, 0) is 4.79 Å². The van der Waals surface area contributed by atoms with Crippen LogP contribution in [-0.4, -0.2) is 36.5 Å². The molecular formula is C24H27N3O4. The van der Waals surface area contributed by atoms with Crippen LogP contribution in [0.25, 0.3) is 22.6 Å². The summed E-state index contributed by atoms with van der Waals surface area (Å²) in [6.45, 7) is 6.31. The number of hydrogen-bond donors (Lipinski definition) is 2. The minimum absolute atomic E-state index is 0.0601. The molecule has 2 amide bonds. The van der Waals surface area contributed by atoms with Gasteiger partial charge in [0.05, 0.1) is 6.61 Å². The fraction of sp³-hybridized carbons (Fsp3) is 0.292. The van der Waals surface area contributed by atoms with Gasteiger partial charge < -0.3 is 19.8 Å². The zero-order valence-electron chi connectivity index (χ0n) is 18.1. The summed E-state index contributed by atoms with van der Waals surface area (Å²) in [7, 11) is 1.54. The summed E-state index contributed by atoms with van der Waals surface area (Å²) in [6, 6.07) is 14.2. The number of carbonyl (C=O) groups excluding carboxylic acids is 2. The third-order valence-corrected chi connectivity index (χ3v) is 4.83. The average Bonchev–Trinajstić information content (AvgIpc) is 3.28. The first-order valence-corrected chi connectivity index (χ1v) is 10.2. The molecule has 31 heavy (non-hydrogen) atoms. The summed E-state index contributed by atoms with van der Waals surface area (Å²) in [4.78, 5) is 29.0. The molecule has 1 aromatic carbocycles. The van der Waals surface area contributed by atoms with Crippen molar-refractivity contribution in [1.29, 1.82) is 0 Å². The van der Waals surface area contributed by atoms with Gasteiger partial charge >= 0.3 is 0 Å². The van der Waals surface area contributed by atoms with Crippen LogP contribution in [0.4, 0.5) is 0 Å². The molecule has 0 aliphatic carbocycles. The monoisotopic (exact) mass is 421 g/mol. The van der Waals surface area contributed by atoms with Crippen LogP contribution in [0.5, 0.6) is 5.75 Å². The lowest BCUT2D eigenvalue weighted by Crippen LogP contribution is -2.48. The van der Waals surface area contributed by atoms with Gasteiger partial charge in [-0.3, -0.25) is 14.6 Å². The van der Waals surface area contributed by atoms with Gasteiger partial charge in [0.2, 0.25) is 5.91 Å². The van der Waals surface area contributed by atoms with Crippen molar-refractivity contribution in [3.05, 3.63) is 60.5 Å². The Morgan fingerprint density at radius 3 is 2.32 bits per heavy atom. The summed E-state index contributed by atoms with van der Waals surface area (Å²) < 4.78 is 11.2. The van der Waals surface area contributed by atoms with Gasteiger partial charge in [0.15, 0.2) is 11.5 Å². The Balaban J connectivity index is 1.72. The number of pyridine rings is 1. The number of benzene rings is 1. The number of nitrogens with one attached hydrogen (secondary N) is 2. The molecular weight excluding hydrogens is 394 g/mol. The maximum absolute atomic E-state index is 12.5. The SMILES string of the molecule is CCOc1ccc(-c2ccc(-c3ccc(C(=O)NC(C(=O)NC)C(C)C)o3)nc2)cc1. The lowest BCUT2D eigenvalue weighted by atomic mass is 10.0. The van der Waals surface area contributed by atoms with E-state index in [-0.39, 0.29) is 17.6 Å². The largest absolute Gasteiger partial charge is 0.494 e. The standard InChI is InChI=1S/C24H27N3O4/c1-5-30-18-9-6-16(7-10-18)17-8-11-19(26-14-17)20-12-13-21(31-20)23(28)27-22(15(2)3)24(29)25-4/h6-15,22H,5H2,1-4H3,(H,25,29)(H,27,28). The fourth-order valence-corrected chi connectivity index (χ4v) is 3.12. The second-order valence-electron chi connectivity index (χ2n) is 7.36. The predicted octanol–water partition coefficient (Wildman–Crippen LogP) is 3.91. The molecule has 1 atom stereocenters. The maximum atomic E-state index is 12.5. The molecule has 0 fully saturated rings. The number of aromatic nitrogens is 1. The van der Waals surface area contributed by atoms with E-state index in [2.05, 4.69) is 15.6 Å². The van der Waals surface area contributed by atoms with Crippen molar-refractivity contribution in [3.63, 3.8) is 0 Å². The van der Waals surface area contributed by atoms with Crippen LogP contribution in [0.3, 0.4) is 0 Å². The molecule has 0 radical (unpaired) electrons. The molecule has 0 saturated heterocycles.